The number of urea groups is 1. The summed E-state index contributed by atoms with van der Waals surface area (Å²) < 4.78 is 5.14. The number of hydrogen-bond donors (Lipinski definition) is 2. The van der Waals surface area contributed by atoms with Crippen molar-refractivity contribution >= 4 is 12.0 Å². The second-order valence-corrected chi connectivity index (χ2v) is 6.61. The molecule has 3 saturated carbocycles. The summed E-state index contributed by atoms with van der Waals surface area (Å²) in [5.41, 5.74) is 0. The van der Waals surface area contributed by atoms with E-state index in [0.717, 1.165) is 11.8 Å². The lowest BCUT2D eigenvalue weighted by Crippen LogP contribution is -2.52. The van der Waals surface area contributed by atoms with E-state index in [-0.39, 0.29) is 12.6 Å². The molecule has 4 aliphatic rings. The molecule has 0 aromatic rings. The summed E-state index contributed by atoms with van der Waals surface area (Å²) in [5.74, 6) is 2.06. The fraction of sp³-hybridized carbons (Fsp3) is 0.857. The van der Waals surface area contributed by atoms with Crippen molar-refractivity contribution in [3.63, 3.8) is 0 Å². The van der Waals surface area contributed by atoms with Gasteiger partial charge in [0, 0.05) is 12.6 Å². The highest BCUT2D eigenvalue weighted by molar-refractivity contribution is 5.78. The first-order valence-corrected chi connectivity index (χ1v) is 7.55. The minimum atomic E-state index is -0.996. The third kappa shape index (κ3) is 1.81. The number of rotatable bonds is 2. The molecular formula is C14H20N2O4. The Morgan fingerprint density at radius 1 is 1.20 bits per heavy atom. The quantitative estimate of drug-likeness (QED) is 0.773. The Kier molecular flexibility index (Phi) is 2.70. The molecule has 0 aromatic carbocycles. The van der Waals surface area contributed by atoms with Gasteiger partial charge in [-0.1, -0.05) is 0 Å². The molecule has 2 bridgehead atoms. The van der Waals surface area contributed by atoms with Gasteiger partial charge in [0.1, 0.15) is 0 Å². The summed E-state index contributed by atoms with van der Waals surface area (Å²) >= 11 is 0. The maximum atomic E-state index is 12.2. The number of carboxylic acid groups (broad SMARTS) is 1. The van der Waals surface area contributed by atoms with Crippen molar-refractivity contribution in [2.24, 2.45) is 23.7 Å². The molecule has 2 N–H and O–H groups in total. The van der Waals surface area contributed by atoms with Gasteiger partial charge in [0.05, 0.1) is 13.2 Å². The molecule has 2 amide bonds. The molecule has 5 unspecified atom stereocenters. The van der Waals surface area contributed by atoms with Crippen LogP contribution in [0.15, 0.2) is 0 Å². The molecule has 6 heteroatoms. The number of ether oxygens (including phenoxy) is 1. The van der Waals surface area contributed by atoms with E-state index in [4.69, 9.17) is 9.84 Å². The van der Waals surface area contributed by atoms with Gasteiger partial charge in [0.2, 0.25) is 0 Å². The smallest absolute Gasteiger partial charge is 0.334 e. The first-order valence-electron chi connectivity index (χ1n) is 7.55. The average Bonchev–Trinajstić information content (AvgIpc) is 2.84. The summed E-state index contributed by atoms with van der Waals surface area (Å²) in [7, 11) is 0. The maximum Gasteiger partial charge on any atom is 0.334 e. The standard InChI is InChI=1S/C14H20N2O4/c17-13(18)9-6-16(3-4-20-9)14(19)15-12-10-7-1-2-8(5-7)11(10)12/h7-12H,1-6H2,(H,15,19)(H,17,18). The van der Waals surface area contributed by atoms with Gasteiger partial charge in [-0.25, -0.2) is 9.59 Å². The van der Waals surface area contributed by atoms with Crippen molar-refractivity contribution in [2.45, 2.75) is 31.4 Å². The number of fused-ring (bicyclic) bond motifs is 5. The fourth-order valence-corrected chi connectivity index (χ4v) is 4.74. The van der Waals surface area contributed by atoms with Gasteiger partial charge >= 0.3 is 12.0 Å². The number of amides is 2. The zero-order valence-corrected chi connectivity index (χ0v) is 11.3. The molecule has 1 heterocycles. The van der Waals surface area contributed by atoms with Crippen LogP contribution >= 0.6 is 0 Å². The van der Waals surface area contributed by atoms with Crippen LogP contribution in [0.4, 0.5) is 4.79 Å². The van der Waals surface area contributed by atoms with Crippen LogP contribution in [-0.4, -0.2) is 53.8 Å². The summed E-state index contributed by atoms with van der Waals surface area (Å²) in [6.45, 7) is 0.924. The number of carboxylic acids is 1. The molecule has 20 heavy (non-hydrogen) atoms. The van der Waals surface area contributed by atoms with E-state index in [9.17, 15) is 9.59 Å². The van der Waals surface area contributed by atoms with Crippen LogP contribution in [0.3, 0.4) is 0 Å². The Morgan fingerprint density at radius 2 is 1.90 bits per heavy atom. The highest BCUT2D eigenvalue weighted by Gasteiger charge is 2.65. The largest absolute Gasteiger partial charge is 0.479 e. The van der Waals surface area contributed by atoms with Gasteiger partial charge in [-0.15, -0.1) is 0 Å². The van der Waals surface area contributed by atoms with E-state index in [0.29, 0.717) is 31.0 Å². The lowest BCUT2D eigenvalue weighted by molar-refractivity contribution is -0.154. The van der Waals surface area contributed by atoms with Crippen LogP contribution in [0.1, 0.15) is 19.3 Å². The van der Waals surface area contributed by atoms with Crippen LogP contribution in [0, 0.1) is 23.7 Å². The Bertz CT molecular complexity index is 438. The number of morpholine rings is 1. The van der Waals surface area contributed by atoms with Gasteiger partial charge in [0.15, 0.2) is 6.10 Å². The van der Waals surface area contributed by atoms with Gasteiger partial charge < -0.3 is 20.1 Å². The summed E-state index contributed by atoms with van der Waals surface area (Å²) in [5, 5.41) is 12.1. The number of carbonyl (C=O) groups excluding carboxylic acids is 1. The predicted octanol–water partition coefficient (Wildman–Crippen LogP) is 0.526. The van der Waals surface area contributed by atoms with Crippen molar-refractivity contribution in [3.8, 4) is 0 Å². The molecule has 3 aliphatic carbocycles. The van der Waals surface area contributed by atoms with E-state index in [1.807, 2.05) is 0 Å². The number of nitrogens with one attached hydrogen (secondary N) is 1. The SMILES string of the molecule is O=C(O)C1CN(C(=O)NC2C3C4CCC(C4)C23)CCO1. The van der Waals surface area contributed by atoms with Crippen LogP contribution in [0.2, 0.25) is 0 Å². The van der Waals surface area contributed by atoms with E-state index >= 15 is 0 Å². The molecule has 1 aliphatic heterocycles. The molecule has 0 spiro atoms. The van der Waals surface area contributed by atoms with E-state index < -0.39 is 12.1 Å². The predicted molar refractivity (Wildman–Crippen MR) is 69.1 cm³/mol. The van der Waals surface area contributed by atoms with Gasteiger partial charge in [-0.3, -0.25) is 0 Å². The Hall–Kier alpha value is -1.30. The molecule has 110 valence electrons. The minimum absolute atomic E-state index is 0.113. The molecule has 0 radical (unpaired) electrons. The van der Waals surface area contributed by atoms with E-state index in [1.165, 1.54) is 19.3 Å². The van der Waals surface area contributed by atoms with Gasteiger partial charge in [0.25, 0.3) is 0 Å². The summed E-state index contributed by atoms with van der Waals surface area (Å²) in [6.07, 6.45) is 3.14. The van der Waals surface area contributed by atoms with Gasteiger partial charge in [-0.2, -0.15) is 0 Å². The minimum Gasteiger partial charge on any atom is -0.479 e. The number of hydrogen-bond acceptors (Lipinski definition) is 3. The highest BCUT2D eigenvalue weighted by Crippen LogP contribution is 2.65. The van der Waals surface area contributed by atoms with Crippen LogP contribution < -0.4 is 5.32 Å². The third-order valence-corrected chi connectivity index (χ3v) is 5.65. The Labute approximate surface area is 117 Å². The topological polar surface area (TPSA) is 78.9 Å². The lowest BCUT2D eigenvalue weighted by atomic mass is 10.0. The maximum absolute atomic E-state index is 12.2. The second-order valence-electron chi connectivity index (χ2n) is 6.61. The number of nitrogens with zero attached hydrogens (tertiary/aromatic N) is 1. The molecule has 0 aromatic heterocycles. The Morgan fingerprint density at radius 3 is 2.55 bits per heavy atom. The van der Waals surface area contributed by atoms with Crippen molar-refractivity contribution < 1.29 is 19.4 Å². The van der Waals surface area contributed by atoms with Crippen molar-refractivity contribution in [3.05, 3.63) is 0 Å². The molecule has 4 fully saturated rings. The van der Waals surface area contributed by atoms with Gasteiger partial charge in [-0.05, 0) is 42.9 Å². The molecule has 5 atom stereocenters. The van der Waals surface area contributed by atoms with E-state index in [1.54, 1.807) is 4.90 Å². The normalized spacial score (nSPS) is 45.1. The molecule has 6 nitrogen and oxygen atoms in total. The van der Waals surface area contributed by atoms with Crippen LogP contribution in [-0.2, 0) is 9.53 Å². The first kappa shape index (κ1) is 12.4. The summed E-state index contributed by atoms with van der Waals surface area (Å²) in [4.78, 5) is 24.8. The Balaban J connectivity index is 1.34. The van der Waals surface area contributed by atoms with Crippen molar-refractivity contribution in [1.29, 1.82) is 0 Å². The molecule has 4 rings (SSSR count). The average molecular weight is 280 g/mol. The van der Waals surface area contributed by atoms with Crippen molar-refractivity contribution in [2.75, 3.05) is 19.7 Å². The monoisotopic (exact) mass is 280 g/mol. The fourth-order valence-electron chi connectivity index (χ4n) is 4.74. The van der Waals surface area contributed by atoms with Crippen LogP contribution in [0.25, 0.3) is 0 Å². The summed E-state index contributed by atoms with van der Waals surface area (Å²) in [6, 6.07) is 0.234. The van der Waals surface area contributed by atoms with E-state index in [2.05, 4.69) is 5.32 Å². The first-order chi connectivity index (χ1) is 9.65. The van der Waals surface area contributed by atoms with Crippen LogP contribution in [0.5, 0.6) is 0 Å². The number of aliphatic carboxylic acids is 1. The number of carbonyl (C=O) groups is 2. The zero-order valence-electron chi connectivity index (χ0n) is 11.3. The second kappa shape index (κ2) is 4.35. The van der Waals surface area contributed by atoms with Crippen molar-refractivity contribution in [1.82, 2.24) is 10.2 Å². The molecular weight excluding hydrogens is 260 g/mol. The molecule has 1 saturated heterocycles. The lowest BCUT2D eigenvalue weighted by Gasteiger charge is -2.31. The zero-order chi connectivity index (χ0) is 13.9. The third-order valence-electron chi connectivity index (χ3n) is 5.65. The highest BCUT2D eigenvalue weighted by atomic mass is 16.5.